The minimum Gasteiger partial charge on any atom is -0.396 e. The standard InChI is InChI=1S/C13H16N2O/c14-8-10-4-1-2-6-12(10)15-13-7-3-5-11(13)9-16/h1-2,4,6,11,13,15-16H,3,5,7,9H2. The Balaban J connectivity index is 2.12. The lowest BCUT2D eigenvalue weighted by Crippen LogP contribution is -2.26. The second-order valence-electron chi connectivity index (χ2n) is 4.28. The summed E-state index contributed by atoms with van der Waals surface area (Å²) in [6, 6.07) is 10.0. The van der Waals surface area contributed by atoms with Crippen molar-refractivity contribution in [3.05, 3.63) is 29.8 Å². The normalized spacial score (nSPS) is 24.0. The van der Waals surface area contributed by atoms with Gasteiger partial charge in [-0.25, -0.2) is 0 Å². The van der Waals surface area contributed by atoms with Crippen molar-refractivity contribution in [1.82, 2.24) is 0 Å². The van der Waals surface area contributed by atoms with Crippen LogP contribution in [0.5, 0.6) is 0 Å². The fraction of sp³-hybridized carbons (Fsp3) is 0.462. The first kappa shape index (κ1) is 11.0. The van der Waals surface area contributed by atoms with Gasteiger partial charge in [0, 0.05) is 18.6 Å². The molecule has 2 unspecified atom stereocenters. The number of anilines is 1. The summed E-state index contributed by atoms with van der Waals surface area (Å²) in [5.41, 5.74) is 1.56. The van der Waals surface area contributed by atoms with Gasteiger partial charge >= 0.3 is 0 Å². The van der Waals surface area contributed by atoms with Crippen LogP contribution >= 0.6 is 0 Å². The molecule has 84 valence electrons. The zero-order chi connectivity index (χ0) is 11.4. The van der Waals surface area contributed by atoms with Crippen molar-refractivity contribution in [2.75, 3.05) is 11.9 Å². The van der Waals surface area contributed by atoms with Crippen molar-refractivity contribution < 1.29 is 5.11 Å². The average molecular weight is 216 g/mol. The fourth-order valence-electron chi connectivity index (χ4n) is 2.35. The number of aliphatic hydroxyl groups is 1. The number of hydrogen-bond acceptors (Lipinski definition) is 3. The maximum atomic E-state index is 9.24. The topological polar surface area (TPSA) is 56.0 Å². The molecule has 0 radical (unpaired) electrons. The quantitative estimate of drug-likeness (QED) is 0.813. The van der Waals surface area contributed by atoms with Crippen LogP contribution in [0.3, 0.4) is 0 Å². The lowest BCUT2D eigenvalue weighted by Gasteiger charge is -2.20. The van der Waals surface area contributed by atoms with Gasteiger partial charge in [0.15, 0.2) is 0 Å². The maximum Gasteiger partial charge on any atom is 0.101 e. The molecule has 2 rings (SSSR count). The van der Waals surface area contributed by atoms with Gasteiger partial charge in [0.2, 0.25) is 0 Å². The number of rotatable bonds is 3. The van der Waals surface area contributed by atoms with E-state index >= 15 is 0 Å². The first-order valence-electron chi connectivity index (χ1n) is 5.71. The van der Waals surface area contributed by atoms with Crippen molar-refractivity contribution in [3.63, 3.8) is 0 Å². The summed E-state index contributed by atoms with van der Waals surface area (Å²) < 4.78 is 0. The average Bonchev–Trinajstić information content (AvgIpc) is 2.77. The first-order chi connectivity index (χ1) is 7.85. The molecule has 1 fully saturated rings. The molecule has 2 N–H and O–H groups in total. The van der Waals surface area contributed by atoms with Gasteiger partial charge < -0.3 is 10.4 Å². The highest BCUT2D eigenvalue weighted by atomic mass is 16.3. The highest BCUT2D eigenvalue weighted by Crippen LogP contribution is 2.29. The van der Waals surface area contributed by atoms with E-state index in [0.29, 0.717) is 17.5 Å². The number of nitrogens with one attached hydrogen (secondary N) is 1. The minimum absolute atomic E-state index is 0.229. The number of benzene rings is 1. The van der Waals surface area contributed by atoms with E-state index in [1.165, 1.54) is 0 Å². The molecule has 0 aromatic heterocycles. The van der Waals surface area contributed by atoms with Gasteiger partial charge in [0.25, 0.3) is 0 Å². The summed E-state index contributed by atoms with van der Waals surface area (Å²) in [5, 5.41) is 21.6. The van der Waals surface area contributed by atoms with Gasteiger partial charge in [-0.2, -0.15) is 5.26 Å². The minimum atomic E-state index is 0.229. The van der Waals surface area contributed by atoms with E-state index in [4.69, 9.17) is 5.26 Å². The highest BCUT2D eigenvalue weighted by Gasteiger charge is 2.26. The Morgan fingerprint density at radius 1 is 1.38 bits per heavy atom. The van der Waals surface area contributed by atoms with Crippen LogP contribution in [-0.4, -0.2) is 17.8 Å². The summed E-state index contributed by atoms with van der Waals surface area (Å²) in [6.45, 7) is 0.229. The van der Waals surface area contributed by atoms with Crippen molar-refractivity contribution >= 4 is 5.69 Å². The summed E-state index contributed by atoms with van der Waals surface area (Å²) in [6.07, 6.45) is 3.30. The molecule has 0 spiro atoms. The molecule has 2 atom stereocenters. The smallest absolute Gasteiger partial charge is 0.101 e. The first-order valence-corrected chi connectivity index (χ1v) is 5.71. The van der Waals surface area contributed by atoms with Gasteiger partial charge in [-0.3, -0.25) is 0 Å². The molecule has 0 aliphatic heterocycles. The van der Waals surface area contributed by atoms with Crippen LogP contribution in [0.2, 0.25) is 0 Å². The highest BCUT2D eigenvalue weighted by molar-refractivity contribution is 5.57. The monoisotopic (exact) mass is 216 g/mol. The van der Waals surface area contributed by atoms with Crippen LogP contribution in [0.15, 0.2) is 24.3 Å². The van der Waals surface area contributed by atoms with Crippen LogP contribution in [-0.2, 0) is 0 Å². The molecule has 3 heteroatoms. The van der Waals surface area contributed by atoms with Crippen molar-refractivity contribution in [2.45, 2.75) is 25.3 Å². The zero-order valence-electron chi connectivity index (χ0n) is 9.19. The maximum absolute atomic E-state index is 9.24. The largest absolute Gasteiger partial charge is 0.396 e. The van der Waals surface area contributed by atoms with E-state index in [9.17, 15) is 5.11 Å². The van der Waals surface area contributed by atoms with Crippen molar-refractivity contribution in [2.24, 2.45) is 5.92 Å². The van der Waals surface area contributed by atoms with E-state index in [1.807, 2.05) is 24.3 Å². The third kappa shape index (κ3) is 2.17. The Morgan fingerprint density at radius 3 is 2.94 bits per heavy atom. The van der Waals surface area contributed by atoms with Crippen LogP contribution < -0.4 is 5.32 Å². The molecule has 1 aromatic carbocycles. The van der Waals surface area contributed by atoms with E-state index < -0.39 is 0 Å². The predicted molar refractivity (Wildman–Crippen MR) is 63.0 cm³/mol. The second kappa shape index (κ2) is 5.00. The zero-order valence-corrected chi connectivity index (χ0v) is 9.19. The van der Waals surface area contributed by atoms with E-state index in [1.54, 1.807) is 0 Å². The van der Waals surface area contributed by atoms with Crippen LogP contribution in [0.25, 0.3) is 0 Å². The Kier molecular flexibility index (Phi) is 3.43. The molecule has 1 saturated carbocycles. The van der Waals surface area contributed by atoms with Gasteiger partial charge in [0.05, 0.1) is 11.3 Å². The molecule has 0 saturated heterocycles. The van der Waals surface area contributed by atoms with Gasteiger partial charge in [-0.15, -0.1) is 0 Å². The second-order valence-corrected chi connectivity index (χ2v) is 4.28. The Hall–Kier alpha value is -1.53. The van der Waals surface area contributed by atoms with E-state index in [2.05, 4.69) is 11.4 Å². The SMILES string of the molecule is N#Cc1ccccc1NC1CCCC1CO. The molecule has 16 heavy (non-hydrogen) atoms. The van der Waals surface area contributed by atoms with Crippen molar-refractivity contribution in [1.29, 1.82) is 5.26 Å². The fourth-order valence-corrected chi connectivity index (χ4v) is 2.35. The lowest BCUT2D eigenvalue weighted by molar-refractivity contribution is 0.222. The van der Waals surface area contributed by atoms with Gasteiger partial charge in [0.1, 0.15) is 6.07 Å². The van der Waals surface area contributed by atoms with Crippen LogP contribution in [0.4, 0.5) is 5.69 Å². The molecule has 0 bridgehead atoms. The number of nitrogens with zero attached hydrogens (tertiary/aromatic N) is 1. The molecule has 0 heterocycles. The molecule has 1 aliphatic carbocycles. The Morgan fingerprint density at radius 2 is 2.19 bits per heavy atom. The number of hydrogen-bond donors (Lipinski definition) is 2. The molecule has 0 amide bonds. The summed E-state index contributed by atoms with van der Waals surface area (Å²) in [5.74, 6) is 0.326. The predicted octanol–water partition coefficient (Wildman–Crippen LogP) is 2.13. The molecule has 1 aliphatic rings. The van der Waals surface area contributed by atoms with E-state index in [0.717, 1.165) is 24.9 Å². The number of nitriles is 1. The molecule has 3 nitrogen and oxygen atoms in total. The number of para-hydroxylation sites is 1. The van der Waals surface area contributed by atoms with Crippen molar-refractivity contribution in [3.8, 4) is 6.07 Å². The van der Waals surface area contributed by atoms with Crippen LogP contribution in [0, 0.1) is 17.2 Å². The number of aliphatic hydroxyl groups excluding tert-OH is 1. The molecular formula is C13H16N2O. The third-order valence-electron chi connectivity index (χ3n) is 3.28. The van der Waals surface area contributed by atoms with Gasteiger partial charge in [-0.05, 0) is 25.0 Å². The summed E-state index contributed by atoms with van der Waals surface area (Å²) in [7, 11) is 0. The Bertz CT molecular complexity index is 397. The van der Waals surface area contributed by atoms with E-state index in [-0.39, 0.29) is 6.61 Å². The molecule has 1 aromatic rings. The van der Waals surface area contributed by atoms with Gasteiger partial charge in [-0.1, -0.05) is 18.6 Å². The summed E-state index contributed by atoms with van der Waals surface area (Å²) >= 11 is 0. The summed E-state index contributed by atoms with van der Waals surface area (Å²) in [4.78, 5) is 0. The third-order valence-corrected chi connectivity index (χ3v) is 3.28. The molecular weight excluding hydrogens is 200 g/mol. The van der Waals surface area contributed by atoms with Crippen LogP contribution in [0.1, 0.15) is 24.8 Å². The lowest BCUT2D eigenvalue weighted by atomic mass is 10.0. The Labute approximate surface area is 95.7 Å².